The van der Waals surface area contributed by atoms with Gasteiger partial charge in [-0.15, -0.1) is 0 Å². The molecule has 5 atom stereocenters. The highest BCUT2D eigenvalue weighted by Gasteiger charge is 2.46. The summed E-state index contributed by atoms with van der Waals surface area (Å²) in [6.07, 6.45) is -4.93. The Morgan fingerprint density at radius 3 is 2.43 bits per heavy atom. The molecule has 0 spiro atoms. The van der Waals surface area contributed by atoms with Crippen LogP contribution in [0.1, 0.15) is 0 Å². The highest BCUT2D eigenvalue weighted by Crippen LogP contribution is 2.35. The van der Waals surface area contributed by atoms with Crippen molar-refractivity contribution >= 4 is 17.4 Å². The van der Waals surface area contributed by atoms with Crippen LogP contribution in [0, 0.1) is 10.1 Å². The van der Waals surface area contributed by atoms with E-state index in [1.54, 1.807) is 0 Å². The van der Waals surface area contributed by atoms with Crippen LogP contribution in [-0.4, -0.2) is 61.8 Å². The van der Waals surface area contributed by atoms with Crippen LogP contribution in [0.2, 0.25) is 0 Å². The van der Waals surface area contributed by atoms with Crippen LogP contribution in [0.15, 0.2) is 29.2 Å². The van der Waals surface area contributed by atoms with Crippen molar-refractivity contribution in [2.75, 3.05) is 6.61 Å². The summed E-state index contributed by atoms with van der Waals surface area (Å²) in [5, 5.41) is 48.6. The maximum Gasteiger partial charge on any atom is 0.269 e. The lowest BCUT2D eigenvalue weighted by Gasteiger charge is -2.18. The van der Waals surface area contributed by atoms with Gasteiger partial charge in [0.1, 0.15) is 29.9 Å². The summed E-state index contributed by atoms with van der Waals surface area (Å²) in [5.74, 6) is 0. The fraction of sp³-hybridized carbons (Fsp3) is 0.500. The van der Waals surface area contributed by atoms with Crippen LogP contribution in [-0.2, 0) is 4.74 Å². The van der Waals surface area contributed by atoms with E-state index in [2.05, 4.69) is 0 Å². The molecule has 0 aromatic heterocycles. The molecule has 9 heteroatoms. The minimum absolute atomic E-state index is 0.0548. The molecule has 1 saturated heterocycles. The van der Waals surface area contributed by atoms with Gasteiger partial charge in [-0.3, -0.25) is 10.1 Å². The van der Waals surface area contributed by atoms with E-state index >= 15 is 0 Å². The zero-order chi connectivity index (χ0) is 15.6. The first kappa shape index (κ1) is 16.1. The second kappa shape index (κ2) is 6.69. The summed E-state index contributed by atoms with van der Waals surface area (Å²) in [7, 11) is 0. The fourth-order valence-electron chi connectivity index (χ4n) is 1.97. The number of hydrogen-bond acceptors (Lipinski definition) is 8. The van der Waals surface area contributed by atoms with Gasteiger partial charge in [0.05, 0.1) is 11.5 Å². The van der Waals surface area contributed by atoms with Crippen molar-refractivity contribution < 1.29 is 30.1 Å². The first-order valence-electron chi connectivity index (χ1n) is 6.15. The van der Waals surface area contributed by atoms with E-state index in [1.165, 1.54) is 24.3 Å². The van der Waals surface area contributed by atoms with Crippen molar-refractivity contribution in [3.63, 3.8) is 0 Å². The molecule has 0 radical (unpaired) electrons. The Labute approximate surface area is 124 Å². The molecule has 1 aliphatic heterocycles. The molecule has 1 aliphatic rings. The number of hydrogen-bond donors (Lipinski definition) is 4. The molecule has 21 heavy (non-hydrogen) atoms. The summed E-state index contributed by atoms with van der Waals surface area (Å²) in [4.78, 5) is 10.6. The SMILES string of the molecule is O=[N+]([O-])c1ccc(S[C@@H]2O[C@@H]([C@H](O)CO)[C@H](O)[C@H]2O)cc1. The Balaban J connectivity index is 2.04. The molecule has 8 nitrogen and oxygen atoms in total. The Hall–Kier alpha value is -1.23. The van der Waals surface area contributed by atoms with Crippen LogP contribution in [0.5, 0.6) is 0 Å². The molecule has 1 aromatic rings. The number of aliphatic hydroxyl groups excluding tert-OH is 4. The van der Waals surface area contributed by atoms with E-state index in [1.807, 2.05) is 0 Å². The highest BCUT2D eigenvalue weighted by molar-refractivity contribution is 7.99. The topological polar surface area (TPSA) is 133 Å². The first-order valence-corrected chi connectivity index (χ1v) is 7.03. The van der Waals surface area contributed by atoms with Gasteiger partial charge in [0, 0.05) is 17.0 Å². The molecule has 0 bridgehead atoms. The lowest BCUT2D eigenvalue weighted by Crippen LogP contribution is -2.40. The molecule has 0 saturated carbocycles. The van der Waals surface area contributed by atoms with Crippen molar-refractivity contribution in [3.8, 4) is 0 Å². The van der Waals surface area contributed by atoms with Crippen LogP contribution < -0.4 is 0 Å². The Bertz CT molecular complexity index is 497. The molecule has 2 rings (SSSR count). The number of nitrogens with zero attached hydrogens (tertiary/aromatic N) is 1. The predicted octanol–water partition coefficient (Wildman–Crippen LogP) is -0.513. The molecule has 116 valence electrons. The quantitative estimate of drug-likeness (QED) is 0.421. The number of rotatable bonds is 5. The smallest absolute Gasteiger partial charge is 0.269 e. The standard InChI is InChI=1S/C12H15NO7S/c14-5-8(15)11-9(16)10(17)12(20-11)21-7-3-1-6(2-4-7)13(18)19/h1-4,8-12,14-17H,5H2/t8-,9-,10-,11+,12+/m1/s1. The maximum absolute atomic E-state index is 10.6. The largest absolute Gasteiger partial charge is 0.394 e. The van der Waals surface area contributed by atoms with Gasteiger partial charge >= 0.3 is 0 Å². The Kier molecular flexibility index (Phi) is 5.14. The summed E-state index contributed by atoms with van der Waals surface area (Å²) in [6, 6.07) is 5.64. The molecule has 1 fully saturated rings. The third-order valence-electron chi connectivity index (χ3n) is 3.12. The first-order chi connectivity index (χ1) is 9.93. The van der Waals surface area contributed by atoms with E-state index < -0.39 is 41.4 Å². The lowest BCUT2D eigenvalue weighted by atomic mass is 10.1. The average Bonchev–Trinajstić information content (AvgIpc) is 2.75. The van der Waals surface area contributed by atoms with Gasteiger partial charge in [0.25, 0.3) is 5.69 Å². The van der Waals surface area contributed by atoms with Crippen molar-refractivity contribution in [2.45, 2.75) is 34.7 Å². The zero-order valence-corrected chi connectivity index (χ0v) is 11.6. The van der Waals surface area contributed by atoms with Crippen LogP contribution in [0.4, 0.5) is 5.69 Å². The molecular formula is C12H15NO7S. The second-order valence-corrected chi connectivity index (χ2v) is 5.74. The van der Waals surface area contributed by atoms with E-state index in [0.29, 0.717) is 4.90 Å². The van der Waals surface area contributed by atoms with E-state index in [9.17, 15) is 25.4 Å². The predicted molar refractivity (Wildman–Crippen MR) is 72.7 cm³/mol. The molecule has 4 N–H and O–H groups in total. The van der Waals surface area contributed by atoms with Gasteiger partial charge in [0.15, 0.2) is 0 Å². The normalized spacial score (nSPS) is 30.3. The molecule has 0 aliphatic carbocycles. The van der Waals surface area contributed by atoms with Gasteiger partial charge in [-0.05, 0) is 12.1 Å². The number of thioether (sulfide) groups is 1. The number of non-ortho nitro benzene ring substituents is 1. The summed E-state index contributed by atoms with van der Waals surface area (Å²) < 4.78 is 5.34. The van der Waals surface area contributed by atoms with Crippen molar-refractivity contribution in [2.24, 2.45) is 0 Å². The van der Waals surface area contributed by atoms with Gasteiger partial charge in [-0.1, -0.05) is 11.8 Å². The number of ether oxygens (including phenoxy) is 1. The molecule has 0 unspecified atom stereocenters. The number of benzene rings is 1. The molecule has 1 heterocycles. The summed E-state index contributed by atoms with van der Waals surface area (Å²) >= 11 is 1.07. The summed E-state index contributed by atoms with van der Waals surface area (Å²) in [6.45, 7) is -0.594. The minimum atomic E-state index is -1.32. The van der Waals surface area contributed by atoms with Crippen molar-refractivity contribution in [3.05, 3.63) is 34.4 Å². The zero-order valence-electron chi connectivity index (χ0n) is 10.8. The third-order valence-corrected chi connectivity index (χ3v) is 4.29. The number of nitro benzene ring substituents is 1. The lowest BCUT2D eigenvalue weighted by molar-refractivity contribution is -0.384. The average molecular weight is 317 g/mol. The van der Waals surface area contributed by atoms with Crippen LogP contribution in [0.3, 0.4) is 0 Å². The van der Waals surface area contributed by atoms with Gasteiger partial charge in [-0.2, -0.15) is 0 Å². The van der Waals surface area contributed by atoms with E-state index in [-0.39, 0.29) is 5.69 Å². The van der Waals surface area contributed by atoms with Crippen molar-refractivity contribution in [1.29, 1.82) is 0 Å². The van der Waals surface area contributed by atoms with Crippen LogP contribution in [0.25, 0.3) is 0 Å². The van der Waals surface area contributed by atoms with Gasteiger partial charge in [-0.25, -0.2) is 0 Å². The maximum atomic E-state index is 10.6. The van der Waals surface area contributed by atoms with Gasteiger partial charge < -0.3 is 25.2 Å². The second-order valence-electron chi connectivity index (χ2n) is 4.57. The number of nitro groups is 1. The summed E-state index contributed by atoms with van der Waals surface area (Å²) in [5.41, 5.74) is -0.895. The minimum Gasteiger partial charge on any atom is -0.394 e. The third kappa shape index (κ3) is 3.51. The van der Waals surface area contributed by atoms with Gasteiger partial charge in [0.2, 0.25) is 0 Å². The van der Waals surface area contributed by atoms with E-state index in [0.717, 1.165) is 11.8 Å². The monoisotopic (exact) mass is 317 g/mol. The van der Waals surface area contributed by atoms with E-state index in [4.69, 9.17) is 9.84 Å². The molecule has 0 amide bonds. The Morgan fingerprint density at radius 2 is 1.90 bits per heavy atom. The fourth-order valence-corrected chi connectivity index (χ4v) is 3.02. The molecule has 1 aromatic carbocycles. The number of aliphatic hydroxyl groups is 4. The van der Waals surface area contributed by atoms with Crippen LogP contribution >= 0.6 is 11.8 Å². The Morgan fingerprint density at radius 1 is 1.29 bits per heavy atom. The van der Waals surface area contributed by atoms with Crippen molar-refractivity contribution in [1.82, 2.24) is 0 Å². The highest BCUT2D eigenvalue weighted by atomic mass is 32.2. The molecular weight excluding hydrogens is 302 g/mol.